The van der Waals surface area contributed by atoms with Crippen LogP contribution < -0.4 is 10.9 Å². The molecular weight excluding hydrogens is 464 g/mol. The predicted octanol–water partition coefficient (Wildman–Crippen LogP) is -0.677. The fourth-order valence-electron chi connectivity index (χ4n) is 2.44. The standard InChI is InChI=1S/C15H32N2O8S4/c1-4-6-9-27(20,21)13-14(28(22,23)10-7-5-2)8-11-29(24,25)15(26(18)19)12-17-16-3/h14,16-17H,4-13H2,1-3H3. The lowest BCUT2D eigenvalue weighted by atomic mass is 10.4. The average Bonchev–Trinajstić information content (AvgIpc) is 2.61. The highest BCUT2D eigenvalue weighted by Crippen LogP contribution is 2.16. The molecule has 29 heavy (non-hydrogen) atoms. The van der Waals surface area contributed by atoms with E-state index in [2.05, 4.69) is 10.9 Å². The first-order valence-corrected chi connectivity index (χ1v) is 15.6. The summed E-state index contributed by atoms with van der Waals surface area (Å²) in [6.07, 6.45) is 1.42. The number of hydrazine groups is 1. The molecular formula is C15H32N2O8S4. The Morgan fingerprint density at radius 2 is 1.45 bits per heavy atom. The zero-order chi connectivity index (χ0) is 22.7. The van der Waals surface area contributed by atoms with Crippen molar-refractivity contribution < 1.29 is 33.7 Å². The molecule has 0 saturated heterocycles. The quantitative estimate of drug-likeness (QED) is 0.219. The minimum atomic E-state index is -4.30. The van der Waals surface area contributed by atoms with Crippen LogP contribution in [-0.4, -0.2) is 79.7 Å². The van der Waals surface area contributed by atoms with Crippen molar-refractivity contribution in [3.8, 4) is 0 Å². The molecule has 0 saturated carbocycles. The first kappa shape index (κ1) is 28.5. The van der Waals surface area contributed by atoms with E-state index < -0.39 is 73.7 Å². The van der Waals surface area contributed by atoms with Gasteiger partial charge >= 0.3 is 0 Å². The lowest BCUT2D eigenvalue weighted by Gasteiger charge is -2.18. The van der Waals surface area contributed by atoms with Gasteiger partial charge in [0.05, 0.1) is 34.8 Å². The summed E-state index contributed by atoms with van der Waals surface area (Å²) in [5, 5.41) is -1.40. The SMILES string of the molecule is CCCCS(=O)(=O)CC(CCS(=O)(=O)C(CNNC)=S(=O)=O)S(=O)(=O)CCCC. The zero-order valence-electron chi connectivity index (χ0n) is 17.0. The largest absolute Gasteiger partial charge is 0.261 e. The molecule has 0 rings (SSSR count). The fourth-order valence-corrected chi connectivity index (χ4v) is 9.56. The Hall–Kier alpha value is -0.540. The highest BCUT2D eigenvalue weighted by molar-refractivity contribution is 8.15. The van der Waals surface area contributed by atoms with Crippen LogP contribution in [0, 0.1) is 0 Å². The van der Waals surface area contributed by atoms with Crippen molar-refractivity contribution in [2.45, 2.75) is 51.2 Å². The van der Waals surface area contributed by atoms with E-state index in [1.807, 2.05) is 0 Å². The lowest BCUT2D eigenvalue weighted by molar-refractivity contribution is 0.565. The molecule has 0 aromatic rings. The number of rotatable bonds is 15. The molecule has 10 nitrogen and oxygen atoms in total. The van der Waals surface area contributed by atoms with Gasteiger partial charge in [-0.15, -0.1) is 0 Å². The molecule has 0 aliphatic heterocycles. The summed E-state index contributed by atoms with van der Waals surface area (Å²) in [5.74, 6) is -1.87. The van der Waals surface area contributed by atoms with Crippen molar-refractivity contribution in [1.29, 1.82) is 0 Å². The summed E-state index contributed by atoms with van der Waals surface area (Å²) in [5.41, 5.74) is 4.77. The predicted molar refractivity (Wildman–Crippen MR) is 115 cm³/mol. The number of hydrogen-bond donors (Lipinski definition) is 2. The van der Waals surface area contributed by atoms with Crippen molar-refractivity contribution in [1.82, 2.24) is 10.9 Å². The van der Waals surface area contributed by atoms with Crippen molar-refractivity contribution in [2.75, 3.05) is 36.6 Å². The van der Waals surface area contributed by atoms with Gasteiger partial charge in [0.25, 0.3) is 0 Å². The van der Waals surface area contributed by atoms with Gasteiger partial charge in [-0.05, 0) is 26.3 Å². The topological polar surface area (TPSA) is 161 Å². The summed E-state index contributed by atoms with van der Waals surface area (Å²) >= 11 is 0. The Balaban J connectivity index is 5.69. The summed E-state index contributed by atoms with van der Waals surface area (Å²) in [6.45, 7) is 3.08. The minimum absolute atomic E-state index is 0.176. The van der Waals surface area contributed by atoms with Crippen LogP contribution in [0.5, 0.6) is 0 Å². The van der Waals surface area contributed by atoms with Crippen LogP contribution in [0.4, 0.5) is 0 Å². The molecule has 0 spiro atoms. The highest BCUT2D eigenvalue weighted by Gasteiger charge is 2.32. The van der Waals surface area contributed by atoms with Crippen molar-refractivity contribution >= 4 is 44.0 Å². The average molecular weight is 497 g/mol. The maximum Gasteiger partial charge on any atom is 0.230 e. The monoisotopic (exact) mass is 496 g/mol. The zero-order valence-corrected chi connectivity index (χ0v) is 20.3. The van der Waals surface area contributed by atoms with E-state index >= 15 is 0 Å². The van der Waals surface area contributed by atoms with Gasteiger partial charge in [-0.3, -0.25) is 10.9 Å². The molecule has 0 aromatic heterocycles. The summed E-state index contributed by atoms with van der Waals surface area (Å²) in [7, 11) is -13.5. The molecule has 0 heterocycles. The Bertz CT molecular complexity index is 944. The molecule has 2 N–H and O–H groups in total. The fraction of sp³-hybridized carbons (Fsp3) is 0.933. The van der Waals surface area contributed by atoms with Gasteiger partial charge in [0.15, 0.2) is 33.7 Å². The second kappa shape index (κ2) is 13.0. The first-order valence-electron chi connectivity index (χ1n) is 9.32. The van der Waals surface area contributed by atoms with Gasteiger partial charge < -0.3 is 0 Å². The van der Waals surface area contributed by atoms with Crippen LogP contribution in [0.3, 0.4) is 0 Å². The van der Waals surface area contributed by atoms with Gasteiger partial charge in [0.1, 0.15) is 0 Å². The maximum atomic E-state index is 12.6. The molecule has 14 heteroatoms. The van der Waals surface area contributed by atoms with E-state index in [4.69, 9.17) is 0 Å². The van der Waals surface area contributed by atoms with Gasteiger partial charge in [0.2, 0.25) is 10.3 Å². The molecule has 0 aliphatic carbocycles. The summed E-state index contributed by atoms with van der Waals surface area (Å²) in [4.78, 5) is 0. The Labute approximate surface area is 176 Å². The number of unbranched alkanes of at least 4 members (excludes halogenated alkanes) is 2. The van der Waals surface area contributed by atoms with Gasteiger partial charge in [-0.1, -0.05) is 26.7 Å². The third-order valence-corrected chi connectivity index (χ3v) is 11.8. The Morgan fingerprint density at radius 1 is 0.897 bits per heavy atom. The number of sulfone groups is 3. The van der Waals surface area contributed by atoms with Crippen LogP contribution in [0.15, 0.2) is 0 Å². The van der Waals surface area contributed by atoms with Gasteiger partial charge in [-0.2, -0.15) is 8.42 Å². The van der Waals surface area contributed by atoms with Crippen LogP contribution in [0.2, 0.25) is 0 Å². The third kappa shape index (κ3) is 10.9. The van der Waals surface area contributed by atoms with Crippen LogP contribution in [0.1, 0.15) is 46.0 Å². The van der Waals surface area contributed by atoms with Crippen LogP contribution >= 0.6 is 0 Å². The van der Waals surface area contributed by atoms with E-state index in [1.54, 1.807) is 13.8 Å². The van der Waals surface area contributed by atoms with E-state index in [-0.39, 0.29) is 11.5 Å². The molecule has 1 atom stereocenters. The minimum Gasteiger partial charge on any atom is -0.261 e. The smallest absolute Gasteiger partial charge is 0.230 e. The van der Waals surface area contributed by atoms with Gasteiger partial charge in [0, 0.05) is 0 Å². The lowest BCUT2D eigenvalue weighted by Crippen LogP contribution is -2.39. The van der Waals surface area contributed by atoms with E-state index in [9.17, 15) is 33.7 Å². The Kier molecular flexibility index (Phi) is 12.8. The Morgan fingerprint density at radius 3 is 1.93 bits per heavy atom. The number of hydrogen-bond acceptors (Lipinski definition) is 10. The highest BCUT2D eigenvalue weighted by atomic mass is 32.2. The molecule has 1 unspecified atom stereocenters. The number of nitrogens with one attached hydrogen (secondary N) is 2. The normalized spacial score (nSPS) is 13.9. The molecule has 0 radical (unpaired) electrons. The van der Waals surface area contributed by atoms with Crippen molar-refractivity contribution in [3.05, 3.63) is 0 Å². The van der Waals surface area contributed by atoms with Gasteiger partial charge in [-0.25, -0.2) is 25.3 Å². The second-order valence-corrected chi connectivity index (χ2v) is 14.6. The van der Waals surface area contributed by atoms with Crippen molar-refractivity contribution in [2.24, 2.45) is 0 Å². The maximum absolute atomic E-state index is 12.6. The van der Waals surface area contributed by atoms with Crippen LogP contribution in [0.25, 0.3) is 0 Å². The summed E-state index contributed by atoms with van der Waals surface area (Å²) < 4.78 is 96.4. The third-order valence-electron chi connectivity index (χ3n) is 4.19. The molecule has 174 valence electrons. The van der Waals surface area contributed by atoms with Crippen molar-refractivity contribution in [3.63, 3.8) is 0 Å². The molecule has 0 fully saturated rings. The first-order chi connectivity index (χ1) is 13.3. The van der Waals surface area contributed by atoms with E-state index in [0.29, 0.717) is 25.7 Å². The van der Waals surface area contributed by atoms with Crippen LogP contribution in [-0.2, 0) is 39.8 Å². The summed E-state index contributed by atoms with van der Waals surface area (Å²) in [6, 6.07) is 0. The molecule has 0 bridgehead atoms. The molecule has 0 aliphatic rings. The van der Waals surface area contributed by atoms with E-state index in [0.717, 1.165) is 0 Å². The van der Waals surface area contributed by atoms with E-state index in [1.165, 1.54) is 7.05 Å². The second-order valence-electron chi connectivity index (χ2n) is 6.63. The molecule has 0 amide bonds. The molecule has 0 aromatic carbocycles.